The molecule has 0 aromatic heterocycles. The number of nitrogens with one attached hydrogen (secondary N) is 2. The van der Waals surface area contributed by atoms with Crippen LogP contribution in [0.25, 0.3) is 0 Å². The van der Waals surface area contributed by atoms with Gasteiger partial charge in [-0.25, -0.2) is 8.42 Å². The van der Waals surface area contributed by atoms with Crippen molar-refractivity contribution in [1.82, 2.24) is 14.5 Å². The van der Waals surface area contributed by atoms with Gasteiger partial charge in [-0.3, -0.25) is 14.5 Å². The highest BCUT2D eigenvalue weighted by Gasteiger charge is 2.29. The second-order valence-corrected chi connectivity index (χ2v) is 8.70. The van der Waals surface area contributed by atoms with Crippen LogP contribution in [0.2, 0.25) is 0 Å². The van der Waals surface area contributed by atoms with Crippen LogP contribution in [0.1, 0.15) is 27.2 Å². The first kappa shape index (κ1) is 21.3. The Bertz CT molecular complexity index is 756. The molecule has 1 fully saturated rings. The molecule has 2 rings (SSSR count). The number of benzene rings is 1. The lowest BCUT2D eigenvalue weighted by atomic mass is 10.2. The molecule has 1 aliphatic heterocycles. The number of sulfonamides is 1. The average Bonchev–Trinajstić information content (AvgIpc) is 2.62. The van der Waals surface area contributed by atoms with Gasteiger partial charge in [0.05, 0.1) is 11.4 Å². The molecule has 9 heteroatoms. The molecule has 2 amide bonds. The van der Waals surface area contributed by atoms with Crippen LogP contribution >= 0.6 is 0 Å². The largest absolute Gasteiger partial charge is 0.353 e. The summed E-state index contributed by atoms with van der Waals surface area (Å²) in [6, 6.07) is 6.27. The van der Waals surface area contributed by atoms with Crippen molar-refractivity contribution >= 4 is 27.5 Å². The van der Waals surface area contributed by atoms with E-state index in [1.807, 2.05) is 18.7 Å². The van der Waals surface area contributed by atoms with Gasteiger partial charge < -0.3 is 10.6 Å². The van der Waals surface area contributed by atoms with Crippen molar-refractivity contribution in [2.24, 2.45) is 0 Å². The lowest BCUT2D eigenvalue weighted by Crippen LogP contribution is -2.51. The van der Waals surface area contributed by atoms with E-state index >= 15 is 0 Å². The number of carbonyl (C=O) groups excluding carboxylic acids is 2. The molecule has 0 unspecified atom stereocenters. The molecule has 1 atom stereocenters. The Kier molecular flexibility index (Phi) is 7.34. The molecule has 0 spiro atoms. The number of hydrogen-bond donors (Lipinski definition) is 2. The maximum absolute atomic E-state index is 12.8. The summed E-state index contributed by atoms with van der Waals surface area (Å²) in [6.07, 6.45) is 0.873. The van der Waals surface area contributed by atoms with Gasteiger partial charge in [-0.05, 0) is 37.6 Å². The molecule has 1 aliphatic rings. The molecule has 1 saturated heterocycles. The summed E-state index contributed by atoms with van der Waals surface area (Å²) in [5, 5.41) is 5.53. The number of piperazine rings is 1. The molecule has 2 N–H and O–H groups in total. The fourth-order valence-corrected chi connectivity index (χ4v) is 4.24. The van der Waals surface area contributed by atoms with Gasteiger partial charge in [-0.15, -0.1) is 0 Å². The number of hydrogen-bond acceptors (Lipinski definition) is 5. The third-order valence-corrected chi connectivity index (χ3v) is 6.44. The topological polar surface area (TPSA) is 98.8 Å². The van der Waals surface area contributed by atoms with Crippen LogP contribution in [0, 0.1) is 0 Å². The van der Waals surface area contributed by atoms with Crippen LogP contribution in [-0.2, 0) is 19.6 Å². The van der Waals surface area contributed by atoms with Crippen LogP contribution < -0.4 is 10.6 Å². The van der Waals surface area contributed by atoms with Crippen LogP contribution in [0.3, 0.4) is 0 Å². The molecule has 1 aromatic carbocycles. The first-order chi connectivity index (χ1) is 12.7. The summed E-state index contributed by atoms with van der Waals surface area (Å²) < 4.78 is 27.0. The van der Waals surface area contributed by atoms with Crippen molar-refractivity contribution in [3.63, 3.8) is 0 Å². The van der Waals surface area contributed by atoms with Gasteiger partial charge in [-0.2, -0.15) is 4.31 Å². The predicted molar refractivity (Wildman–Crippen MR) is 104 cm³/mol. The molecule has 8 nitrogen and oxygen atoms in total. The van der Waals surface area contributed by atoms with Gasteiger partial charge in [-0.1, -0.05) is 6.92 Å². The normalized spacial score (nSPS) is 17.3. The van der Waals surface area contributed by atoms with E-state index in [0.29, 0.717) is 31.9 Å². The minimum absolute atomic E-state index is 0.0331. The maximum atomic E-state index is 12.8. The number of amides is 2. The molecular weight excluding hydrogens is 368 g/mol. The van der Waals surface area contributed by atoms with Crippen LogP contribution in [0.15, 0.2) is 29.2 Å². The zero-order chi connectivity index (χ0) is 20.0. The standard InChI is InChI=1S/C18H28N4O4S/c1-4-14(2)19-18(24)13-21-9-11-22(12-10-21)27(25,26)17-7-5-16(6-8-17)20-15(3)23/h5-8,14H,4,9-13H2,1-3H3,(H,19,24)(H,20,23)/t14-/m0/s1. The van der Waals surface area contributed by atoms with Crippen molar-refractivity contribution in [3.8, 4) is 0 Å². The molecular formula is C18H28N4O4S. The third kappa shape index (κ3) is 6.02. The molecule has 0 saturated carbocycles. The van der Waals surface area contributed by atoms with Gasteiger partial charge in [0.25, 0.3) is 0 Å². The fraction of sp³-hybridized carbons (Fsp3) is 0.556. The average molecular weight is 397 g/mol. The minimum Gasteiger partial charge on any atom is -0.353 e. The Labute approximate surface area is 161 Å². The zero-order valence-corrected chi connectivity index (χ0v) is 16.9. The summed E-state index contributed by atoms with van der Waals surface area (Å²) in [5.41, 5.74) is 0.554. The van der Waals surface area contributed by atoms with E-state index in [1.165, 1.54) is 23.4 Å². The van der Waals surface area contributed by atoms with Crippen LogP contribution in [0.4, 0.5) is 5.69 Å². The predicted octanol–water partition coefficient (Wildman–Crippen LogP) is 0.866. The van der Waals surface area contributed by atoms with Crippen molar-refractivity contribution in [3.05, 3.63) is 24.3 Å². The third-order valence-electron chi connectivity index (χ3n) is 4.53. The van der Waals surface area contributed by atoms with Crippen molar-refractivity contribution < 1.29 is 18.0 Å². The van der Waals surface area contributed by atoms with Gasteiger partial charge >= 0.3 is 0 Å². The first-order valence-electron chi connectivity index (χ1n) is 9.12. The van der Waals surface area contributed by atoms with E-state index in [2.05, 4.69) is 10.6 Å². The Balaban J connectivity index is 1.92. The SMILES string of the molecule is CC[C@H](C)NC(=O)CN1CCN(S(=O)(=O)c2ccc(NC(C)=O)cc2)CC1. The van der Waals surface area contributed by atoms with Crippen molar-refractivity contribution in [1.29, 1.82) is 0 Å². The lowest BCUT2D eigenvalue weighted by Gasteiger charge is -2.33. The zero-order valence-electron chi connectivity index (χ0n) is 16.1. The van der Waals surface area contributed by atoms with Gasteiger partial charge in [0, 0.05) is 44.8 Å². The Morgan fingerprint density at radius 1 is 1.11 bits per heavy atom. The highest BCUT2D eigenvalue weighted by Crippen LogP contribution is 2.20. The number of carbonyl (C=O) groups is 2. The second kappa shape index (κ2) is 9.29. The summed E-state index contributed by atoms with van der Waals surface area (Å²) >= 11 is 0. The van der Waals surface area contributed by atoms with Crippen molar-refractivity contribution in [2.75, 3.05) is 38.0 Å². The van der Waals surface area contributed by atoms with E-state index in [-0.39, 0.29) is 29.3 Å². The highest BCUT2D eigenvalue weighted by molar-refractivity contribution is 7.89. The monoisotopic (exact) mass is 396 g/mol. The lowest BCUT2D eigenvalue weighted by molar-refractivity contribution is -0.123. The number of nitrogens with zero attached hydrogens (tertiary/aromatic N) is 2. The summed E-state index contributed by atoms with van der Waals surface area (Å²) in [6.45, 7) is 7.35. The molecule has 1 aromatic rings. The molecule has 0 radical (unpaired) electrons. The van der Waals surface area contributed by atoms with Gasteiger partial charge in [0.2, 0.25) is 21.8 Å². The Morgan fingerprint density at radius 3 is 2.22 bits per heavy atom. The smallest absolute Gasteiger partial charge is 0.243 e. The first-order valence-corrected chi connectivity index (χ1v) is 10.6. The van der Waals surface area contributed by atoms with E-state index < -0.39 is 10.0 Å². The van der Waals surface area contributed by atoms with Crippen molar-refractivity contribution in [2.45, 2.75) is 38.1 Å². The molecule has 0 aliphatic carbocycles. The Morgan fingerprint density at radius 2 is 1.70 bits per heavy atom. The van der Waals surface area contributed by atoms with Crippen LogP contribution in [-0.4, -0.2) is 68.2 Å². The van der Waals surface area contributed by atoms with E-state index in [1.54, 1.807) is 12.1 Å². The summed E-state index contributed by atoms with van der Waals surface area (Å²) in [5.74, 6) is -0.242. The molecule has 0 bridgehead atoms. The van der Waals surface area contributed by atoms with E-state index in [9.17, 15) is 18.0 Å². The summed E-state index contributed by atoms with van der Waals surface area (Å²) in [4.78, 5) is 25.2. The minimum atomic E-state index is -3.59. The Hall–Kier alpha value is -1.97. The number of rotatable bonds is 7. The molecule has 150 valence electrons. The fourth-order valence-electron chi connectivity index (χ4n) is 2.82. The van der Waals surface area contributed by atoms with E-state index in [0.717, 1.165) is 6.42 Å². The second-order valence-electron chi connectivity index (χ2n) is 6.76. The maximum Gasteiger partial charge on any atom is 0.243 e. The van der Waals surface area contributed by atoms with Crippen LogP contribution in [0.5, 0.6) is 0 Å². The highest BCUT2D eigenvalue weighted by atomic mass is 32.2. The number of anilines is 1. The molecule has 27 heavy (non-hydrogen) atoms. The summed E-state index contributed by atoms with van der Waals surface area (Å²) in [7, 11) is -3.59. The van der Waals surface area contributed by atoms with Gasteiger partial charge in [0.15, 0.2) is 0 Å². The van der Waals surface area contributed by atoms with Gasteiger partial charge in [0.1, 0.15) is 0 Å². The quantitative estimate of drug-likeness (QED) is 0.712. The molecule has 1 heterocycles. The van der Waals surface area contributed by atoms with E-state index in [4.69, 9.17) is 0 Å².